The molecule has 244 valence electrons. The Morgan fingerprint density at radius 3 is 2.08 bits per heavy atom. The summed E-state index contributed by atoms with van der Waals surface area (Å²) in [5.74, 6) is 1.61. The van der Waals surface area contributed by atoms with Crippen LogP contribution in [0.25, 0.3) is 0 Å². The summed E-state index contributed by atoms with van der Waals surface area (Å²) in [4.78, 5) is 14.5. The minimum absolute atomic E-state index is 0. The van der Waals surface area contributed by atoms with Crippen LogP contribution in [0.3, 0.4) is 0 Å². The van der Waals surface area contributed by atoms with Crippen LogP contribution in [0.5, 0.6) is 0 Å². The Morgan fingerprint density at radius 1 is 0.708 bits per heavy atom. The summed E-state index contributed by atoms with van der Waals surface area (Å²) < 4.78 is 6.91. The molecule has 0 unspecified atom stereocenters. The van der Waals surface area contributed by atoms with Crippen LogP contribution >= 0.6 is 11.8 Å². The van der Waals surface area contributed by atoms with E-state index >= 15 is 0 Å². The smallest absolute Gasteiger partial charge is 0.510 e. The van der Waals surface area contributed by atoms with Crippen molar-refractivity contribution in [1.82, 2.24) is 4.98 Å². The number of hydrogen-bond acceptors (Lipinski definition) is 5. The molecule has 4 aromatic carbocycles. The van der Waals surface area contributed by atoms with Crippen molar-refractivity contribution in [1.29, 1.82) is 0 Å². The molecule has 3 aliphatic rings. The molecule has 6 heteroatoms. The standard InChI is InChI=1S/C42H39N3OS.Pt/c1-26-20-28(38-44-41(7)33-15-10-9-14-32(33)40(5,6)42(41,8)46-38)24-30(22-26)47-31-23-27(2)21-29(25-31)45-36-18-12-11-16-34(36)39(3,4)35-17-13-19-43-37(35)45;/h9-23H,1-8H3;/q-2;+2/t41-,42+;/m1./s1. The van der Waals surface area contributed by atoms with Gasteiger partial charge in [0.05, 0.1) is 0 Å². The first-order chi connectivity index (χ1) is 22.3. The Morgan fingerprint density at radius 2 is 1.33 bits per heavy atom. The molecule has 2 aliphatic heterocycles. The average molecular weight is 829 g/mol. The topological polar surface area (TPSA) is 37.7 Å². The van der Waals surface area contributed by atoms with Crippen LogP contribution in [-0.2, 0) is 42.2 Å². The minimum atomic E-state index is -0.521. The maximum atomic E-state index is 6.91. The number of pyridine rings is 1. The van der Waals surface area contributed by atoms with Gasteiger partial charge in [0.2, 0.25) is 0 Å². The number of hydrogen-bond donors (Lipinski definition) is 0. The SMILES string of the molecule is Cc1cc(Sc2[c-]c(N3c4ccccc4C(C)(C)c4cccnc43)cc(C)c2)[c-]c(C2=N[C@]3(C)c4ccccc4C(C)(C)[C@]3(C)O2)c1.[Pt+2]. The van der Waals surface area contributed by atoms with Gasteiger partial charge in [-0.05, 0) is 42.7 Å². The number of nitrogens with zero attached hydrogens (tertiary/aromatic N) is 3. The van der Waals surface area contributed by atoms with Gasteiger partial charge in [-0.3, -0.25) is 4.99 Å². The Bertz CT molecular complexity index is 2090. The summed E-state index contributed by atoms with van der Waals surface area (Å²) in [6.07, 6.45) is 1.88. The largest absolute Gasteiger partial charge is 2.00 e. The molecule has 0 amide bonds. The first kappa shape index (κ1) is 32.9. The monoisotopic (exact) mass is 828 g/mol. The number of para-hydroxylation sites is 1. The summed E-state index contributed by atoms with van der Waals surface area (Å²) in [6, 6.07) is 37.7. The van der Waals surface area contributed by atoms with Crippen molar-refractivity contribution in [3.63, 3.8) is 0 Å². The van der Waals surface area contributed by atoms with Gasteiger partial charge in [0.15, 0.2) is 0 Å². The number of rotatable bonds is 4. The maximum absolute atomic E-state index is 6.91. The Hall–Kier alpha value is -3.66. The van der Waals surface area contributed by atoms with Crippen LogP contribution in [0.2, 0.25) is 0 Å². The fraction of sp³-hybridized carbons (Fsp3) is 0.286. The molecule has 4 nitrogen and oxygen atoms in total. The summed E-state index contributed by atoms with van der Waals surface area (Å²) >= 11 is 1.67. The second-order valence-corrected chi connectivity index (χ2v) is 15.7. The summed E-state index contributed by atoms with van der Waals surface area (Å²) in [5, 5.41) is 0. The van der Waals surface area contributed by atoms with Gasteiger partial charge >= 0.3 is 21.1 Å². The first-order valence-corrected chi connectivity index (χ1v) is 17.2. The Labute approximate surface area is 303 Å². The van der Waals surface area contributed by atoms with Gasteiger partial charge in [-0.25, -0.2) is 4.98 Å². The van der Waals surface area contributed by atoms with Crippen molar-refractivity contribution in [3.8, 4) is 0 Å². The van der Waals surface area contributed by atoms with Gasteiger partial charge in [-0.2, -0.15) is 11.6 Å². The molecule has 2 atom stereocenters. The molecule has 0 N–H and O–H groups in total. The molecular weight excluding hydrogens is 790 g/mol. The minimum Gasteiger partial charge on any atom is -0.510 e. The van der Waals surface area contributed by atoms with E-state index < -0.39 is 11.1 Å². The number of ether oxygens (including phenoxy) is 1. The second kappa shape index (κ2) is 11.2. The molecule has 0 radical (unpaired) electrons. The van der Waals surface area contributed by atoms with E-state index in [0.29, 0.717) is 5.90 Å². The van der Waals surface area contributed by atoms with Crippen LogP contribution < -0.4 is 4.90 Å². The van der Waals surface area contributed by atoms with Gasteiger partial charge in [0, 0.05) is 28.3 Å². The van der Waals surface area contributed by atoms with Gasteiger partial charge in [-0.1, -0.05) is 106 Å². The summed E-state index contributed by atoms with van der Waals surface area (Å²) in [5.41, 5.74) is 8.93. The fourth-order valence-corrected chi connectivity index (χ4v) is 9.12. The van der Waals surface area contributed by atoms with Gasteiger partial charge in [0.25, 0.3) is 0 Å². The third-order valence-corrected chi connectivity index (χ3v) is 11.9. The molecule has 0 fully saturated rings. The number of anilines is 3. The Balaban J connectivity index is 0.00000364. The van der Waals surface area contributed by atoms with Crippen molar-refractivity contribution in [3.05, 3.63) is 142 Å². The molecule has 0 saturated heterocycles. The molecule has 0 saturated carbocycles. The molecule has 3 heterocycles. The number of aliphatic imine (C=N–C) groups is 1. The predicted octanol–water partition coefficient (Wildman–Crippen LogP) is 10.3. The number of benzene rings is 4. The Kier molecular flexibility index (Phi) is 7.66. The van der Waals surface area contributed by atoms with Gasteiger partial charge < -0.3 is 9.64 Å². The van der Waals surface area contributed by atoms with Crippen molar-refractivity contribution >= 4 is 34.9 Å². The third kappa shape index (κ3) is 4.61. The van der Waals surface area contributed by atoms with E-state index in [1.807, 2.05) is 12.3 Å². The zero-order chi connectivity index (χ0) is 32.9. The fourth-order valence-electron chi connectivity index (χ4n) is 8.07. The van der Waals surface area contributed by atoms with E-state index in [0.717, 1.165) is 43.7 Å². The number of aryl methyl sites for hydroxylation is 2. The molecule has 48 heavy (non-hydrogen) atoms. The average Bonchev–Trinajstić information content (AvgIpc) is 3.39. The predicted molar refractivity (Wildman–Crippen MR) is 192 cm³/mol. The summed E-state index contributed by atoms with van der Waals surface area (Å²) in [7, 11) is 0. The quantitative estimate of drug-likeness (QED) is 0.169. The van der Waals surface area contributed by atoms with Gasteiger partial charge in [0.1, 0.15) is 22.9 Å². The van der Waals surface area contributed by atoms with Crippen LogP contribution in [-0.4, -0.2) is 16.5 Å². The van der Waals surface area contributed by atoms with E-state index in [-0.39, 0.29) is 31.9 Å². The van der Waals surface area contributed by atoms with Crippen LogP contribution in [0.15, 0.2) is 106 Å². The molecule has 1 aliphatic carbocycles. The molecule has 8 rings (SSSR count). The molecule has 0 spiro atoms. The van der Waals surface area contributed by atoms with E-state index in [4.69, 9.17) is 14.7 Å². The second-order valence-electron chi connectivity index (χ2n) is 14.6. The van der Waals surface area contributed by atoms with Gasteiger partial charge in [-0.15, -0.1) is 52.6 Å². The van der Waals surface area contributed by atoms with Crippen molar-refractivity contribution < 1.29 is 25.8 Å². The molecule has 5 aromatic rings. The van der Waals surface area contributed by atoms with Crippen molar-refractivity contribution in [2.75, 3.05) is 4.90 Å². The van der Waals surface area contributed by atoms with Crippen LogP contribution in [0.1, 0.15) is 80.5 Å². The zero-order valence-corrected chi connectivity index (χ0v) is 31.7. The third-order valence-electron chi connectivity index (χ3n) is 11.0. The first-order valence-electron chi connectivity index (χ1n) is 16.3. The number of aromatic nitrogens is 1. The van der Waals surface area contributed by atoms with Crippen molar-refractivity contribution in [2.45, 2.75) is 87.2 Å². The van der Waals surface area contributed by atoms with E-state index in [2.05, 4.69) is 151 Å². The van der Waals surface area contributed by atoms with E-state index in [1.165, 1.54) is 22.3 Å². The summed E-state index contributed by atoms with van der Waals surface area (Å²) in [6.45, 7) is 17.8. The molecule has 1 aromatic heterocycles. The van der Waals surface area contributed by atoms with E-state index in [1.54, 1.807) is 11.8 Å². The van der Waals surface area contributed by atoms with Crippen molar-refractivity contribution in [2.24, 2.45) is 4.99 Å². The normalized spacial score (nSPS) is 22.4. The molecular formula is C42H39N3OPtS. The zero-order valence-electron chi connectivity index (χ0n) is 28.6. The number of fused-ring (bicyclic) bond motifs is 5. The van der Waals surface area contributed by atoms with Crippen LogP contribution in [0, 0.1) is 26.0 Å². The van der Waals surface area contributed by atoms with E-state index in [9.17, 15) is 0 Å². The van der Waals surface area contributed by atoms with Crippen LogP contribution in [0.4, 0.5) is 17.2 Å². The molecule has 0 bridgehead atoms. The maximum Gasteiger partial charge on any atom is 2.00 e.